The molecule has 1 aromatic rings. The van der Waals surface area contributed by atoms with Gasteiger partial charge in [0.05, 0.1) is 18.1 Å². The van der Waals surface area contributed by atoms with Crippen LogP contribution in [-0.2, 0) is 9.59 Å². The summed E-state index contributed by atoms with van der Waals surface area (Å²) in [6, 6.07) is 3.64. The van der Waals surface area contributed by atoms with E-state index in [1.165, 1.54) is 6.92 Å². The molecule has 134 valence electrons. The lowest BCUT2D eigenvalue weighted by atomic mass is 10.2. The Morgan fingerprint density at radius 1 is 1.32 bits per heavy atom. The molecule has 0 fully saturated rings. The van der Waals surface area contributed by atoms with Crippen molar-refractivity contribution in [2.75, 3.05) is 13.2 Å². The van der Waals surface area contributed by atoms with E-state index in [0.29, 0.717) is 29.6 Å². The number of amides is 2. The average Bonchev–Trinajstić information content (AvgIpc) is 2.87. The minimum Gasteiger partial charge on any atom is -0.490 e. The summed E-state index contributed by atoms with van der Waals surface area (Å²) in [5, 5.41) is 2.81. The van der Waals surface area contributed by atoms with Gasteiger partial charge in [-0.15, -0.1) is 0 Å². The smallest absolute Gasteiger partial charge is 0.286 e. The number of hydrogen-bond donors (Lipinski definition) is 1. The Balaban J connectivity index is 2.29. The quantitative estimate of drug-likeness (QED) is 0.700. The molecule has 0 saturated carbocycles. The van der Waals surface area contributed by atoms with E-state index >= 15 is 0 Å². The van der Waals surface area contributed by atoms with Crippen molar-refractivity contribution >= 4 is 50.7 Å². The van der Waals surface area contributed by atoms with Gasteiger partial charge in [-0.05, 0) is 48.9 Å². The van der Waals surface area contributed by atoms with Gasteiger partial charge in [-0.25, -0.2) is 0 Å². The number of halogens is 1. The molecule has 0 bridgehead atoms. The van der Waals surface area contributed by atoms with Crippen LogP contribution in [0.15, 0.2) is 26.5 Å². The van der Waals surface area contributed by atoms with Crippen molar-refractivity contribution in [1.82, 2.24) is 5.32 Å². The fraction of sp³-hybridized carbons (Fsp3) is 0.353. The van der Waals surface area contributed by atoms with Gasteiger partial charge in [0.2, 0.25) is 5.91 Å². The van der Waals surface area contributed by atoms with E-state index in [1.54, 1.807) is 6.08 Å². The molecule has 2 rings (SSSR count). The Kier molecular flexibility index (Phi) is 7.07. The number of rotatable bonds is 6. The van der Waals surface area contributed by atoms with Crippen LogP contribution in [0.2, 0.25) is 0 Å². The second kappa shape index (κ2) is 9.05. The molecular formula is C17H19BrN2O4S. The number of nitrogens with one attached hydrogen (secondary N) is 1. The van der Waals surface area contributed by atoms with Crippen LogP contribution < -0.4 is 14.8 Å². The van der Waals surface area contributed by atoms with Gasteiger partial charge >= 0.3 is 0 Å². The van der Waals surface area contributed by atoms with E-state index in [-0.39, 0.29) is 17.0 Å². The van der Waals surface area contributed by atoms with Gasteiger partial charge in [0.25, 0.3) is 5.91 Å². The maximum atomic E-state index is 12.0. The summed E-state index contributed by atoms with van der Waals surface area (Å²) in [6.45, 7) is 6.39. The number of nitrogens with zero attached hydrogens (tertiary/aromatic N) is 1. The SMILES string of the molecule is CCCOc1cc(Br)c(/C=C2\SC(NC(C)=O)=NC2=O)cc1OCC. The molecule has 6 nitrogen and oxygen atoms in total. The first-order valence-electron chi connectivity index (χ1n) is 7.83. The number of amidine groups is 1. The monoisotopic (exact) mass is 426 g/mol. The molecule has 1 N–H and O–H groups in total. The second-order valence-corrected chi connectivity index (χ2v) is 7.00. The molecule has 25 heavy (non-hydrogen) atoms. The van der Waals surface area contributed by atoms with Gasteiger partial charge in [-0.2, -0.15) is 4.99 Å². The highest BCUT2D eigenvalue weighted by Crippen LogP contribution is 2.37. The number of aliphatic imine (C=N–C) groups is 1. The fourth-order valence-electron chi connectivity index (χ4n) is 2.01. The predicted molar refractivity (Wildman–Crippen MR) is 103 cm³/mol. The number of benzene rings is 1. The van der Waals surface area contributed by atoms with Crippen LogP contribution in [0.5, 0.6) is 11.5 Å². The van der Waals surface area contributed by atoms with Crippen molar-refractivity contribution in [3.8, 4) is 11.5 Å². The molecule has 1 aliphatic heterocycles. The molecular weight excluding hydrogens is 408 g/mol. The number of thioether (sulfide) groups is 1. The lowest BCUT2D eigenvalue weighted by Gasteiger charge is -2.13. The molecule has 1 heterocycles. The third-order valence-corrected chi connectivity index (χ3v) is 4.60. The van der Waals surface area contributed by atoms with Crippen LogP contribution in [0.1, 0.15) is 32.8 Å². The second-order valence-electron chi connectivity index (χ2n) is 5.12. The highest BCUT2D eigenvalue weighted by atomic mass is 79.9. The van der Waals surface area contributed by atoms with Gasteiger partial charge in [0, 0.05) is 11.4 Å². The number of ether oxygens (including phenoxy) is 2. The number of carbonyl (C=O) groups excluding carboxylic acids is 2. The van der Waals surface area contributed by atoms with Gasteiger partial charge in [-0.1, -0.05) is 22.9 Å². The van der Waals surface area contributed by atoms with Crippen LogP contribution in [-0.4, -0.2) is 30.2 Å². The maximum Gasteiger partial charge on any atom is 0.286 e. The Labute approximate surface area is 159 Å². The van der Waals surface area contributed by atoms with E-state index in [2.05, 4.69) is 26.2 Å². The van der Waals surface area contributed by atoms with Crippen molar-refractivity contribution in [1.29, 1.82) is 0 Å². The predicted octanol–water partition coefficient (Wildman–Crippen LogP) is 3.74. The molecule has 0 saturated heterocycles. The minimum atomic E-state index is -0.384. The van der Waals surface area contributed by atoms with E-state index in [9.17, 15) is 9.59 Å². The molecule has 0 unspecified atom stereocenters. The normalized spacial score (nSPS) is 15.3. The molecule has 8 heteroatoms. The molecule has 2 amide bonds. The van der Waals surface area contributed by atoms with Crippen molar-refractivity contribution in [2.45, 2.75) is 27.2 Å². The van der Waals surface area contributed by atoms with E-state index in [1.807, 2.05) is 26.0 Å². The molecule has 0 radical (unpaired) electrons. The average molecular weight is 427 g/mol. The minimum absolute atomic E-state index is 0.266. The highest BCUT2D eigenvalue weighted by Gasteiger charge is 2.23. The lowest BCUT2D eigenvalue weighted by Crippen LogP contribution is -2.23. The van der Waals surface area contributed by atoms with Crippen LogP contribution in [0.25, 0.3) is 6.08 Å². The van der Waals surface area contributed by atoms with Gasteiger partial charge in [0.15, 0.2) is 16.7 Å². The first kappa shape index (κ1) is 19.5. The largest absolute Gasteiger partial charge is 0.490 e. The maximum absolute atomic E-state index is 12.0. The standard InChI is InChI=1S/C17H19BrN2O4S/c1-4-6-24-14-9-12(18)11(7-13(14)23-5-2)8-15-16(22)20-17(25-15)19-10(3)21/h7-9H,4-6H2,1-3H3,(H,19,20,21,22)/b15-8-. The molecule has 0 atom stereocenters. The van der Waals surface area contributed by atoms with Crippen LogP contribution in [0, 0.1) is 0 Å². The third-order valence-electron chi connectivity index (χ3n) is 3.01. The van der Waals surface area contributed by atoms with Crippen LogP contribution in [0.4, 0.5) is 0 Å². The van der Waals surface area contributed by atoms with E-state index in [0.717, 1.165) is 28.2 Å². The van der Waals surface area contributed by atoms with E-state index in [4.69, 9.17) is 9.47 Å². The summed E-state index contributed by atoms with van der Waals surface area (Å²) in [5.41, 5.74) is 0.766. The summed E-state index contributed by atoms with van der Waals surface area (Å²) >= 11 is 4.62. The molecule has 1 aromatic carbocycles. The van der Waals surface area contributed by atoms with Crippen molar-refractivity contribution in [2.24, 2.45) is 4.99 Å². The lowest BCUT2D eigenvalue weighted by molar-refractivity contribution is -0.117. The van der Waals surface area contributed by atoms with Gasteiger partial charge < -0.3 is 14.8 Å². The third kappa shape index (κ3) is 5.34. The summed E-state index contributed by atoms with van der Waals surface area (Å²) < 4.78 is 12.1. The first-order valence-corrected chi connectivity index (χ1v) is 9.44. The number of hydrogen-bond acceptors (Lipinski definition) is 5. The summed E-state index contributed by atoms with van der Waals surface area (Å²) in [5.74, 6) is 0.616. The zero-order valence-electron chi connectivity index (χ0n) is 14.2. The Hall–Kier alpha value is -1.80. The highest BCUT2D eigenvalue weighted by molar-refractivity contribution is 9.10. The zero-order chi connectivity index (χ0) is 18.4. The van der Waals surface area contributed by atoms with Gasteiger partial charge in [-0.3, -0.25) is 9.59 Å². The van der Waals surface area contributed by atoms with Crippen LogP contribution >= 0.6 is 27.7 Å². The van der Waals surface area contributed by atoms with Crippen molar-refractivity contribution in [3.63, 3.8) is 0 Å². The molecule has 0 aliphatic carbocycles. The Morgan fingerprint density at radius 2 is 2.04 bits per heavy atom. The fourth-order valence-corrected chi connectivity index (χ4v) is 3.30. The van der Waals surface area contributed by atoms with Crippen LogP contribution in [0.3, 0.4) is 0 Å². The molecule has 0 spiro atoms. The zero-order valence-corrected chi connectivity index (χ0v) is 16.6. The molecule has 0 aromatic heterocycles. The first-order chi connectivity index (χ1) is 11.9. The summed E-state index contributed by atoms with van der Waals surface area (Å²) in [6.07, 6.45) is 2.60. The van der Waals surface area contributed by atoms with Gasteiger partial charge in [0.1, 0.15) is 0 Å². The van der Waals surface area contributed by atoms with E-state index < -0.39 is 0 Å². The molecule has 1 aliphatic rings. The van der Waals surface area contributed by atoms with Crippen molar-refractivity contribution in [3.05, 3.63) is 27.1 Å². The summed E-state index contributed by atoms with van der Waals surface area (Å²) in [4.78, 5) is 27.3. The Morgan fingerprint density at radius 3 is 2.68 bits per heavy atom. The summed E-state index contributed by atoms with van der Waals surface area (Å²) in [7, 11) is 0. The Bertz CT molecular complexity index is 746. The topological polar surface area (TPSA) is 77.0 Å². The van der Waals surface area contributed by atoms with Crippen molar-refractivity contribution < 1.29 is 19.1 Å². The number of carbonyl (C=O) groups is 2.